The molecule has 2 nitrogen and oxygen atoms in total. The molecule has 2 heteroatoms. The molecule has 1 aliphatic carbocycles. The molecule has 1 aliphatic rings. The normalized spacial score (nSPS) is 12.7. The molecule has 0 atom stereocenters. The van der Waals surface area contributed by atoms with Crippen molar-refractivity contribution in [2.24, 2.45) is 0 Å². The van der Waals surface area contributed by atoms with Gasteiger partial charge in [0.15, 0.2) is 0 Å². The molecule has 11 aromatic rings. The van der Waals surface area contributed by atoms with Crippen LogP contribution in [0.4, 0.5) is 17.1 Å². The van der Waals surface area contributed by atoms with E-state index in [1.165, 1.54) is 93.9 Å². The molecule has 0 unspecified atom stereocenters. The Morgan fingerprint density at radius 2 is 0.937 bits per heavy atom. The number of hydrogen-bond acceptors (Lipinski definition) is 1. The van der Waals surface area contributed by atoms with Crippen LogP contribution in [-0.4, -0.2) is 4.57 Å². The first-order valence-corrected chi connectivity index (χ1v) is 21.9. The van der Waals surface area contributed by atoms with Crippen molar-refractivity contribution in [2.75, 3.05) is 4.90 Å². The van der Waals surface area contributed by atoms with E-state index in [1.54, 1.807) is 0 Å². The molecule has 0 aliphatic heterocycles. The first-order chi connectivity index (χ1) is 31.0. The molecule has 0 N–H and O–H groups in total. The Bertz CT molecular complexity index is 3540. The van der Waals surface area contributed by atoms with E-state index in [0.29, 0.717) is 0 Å². The van der Waals surface area contributed by atoms with Gasteiger partial charge in [-0.3, -0.25) is 0 Å². The van der Waals surface area contributed by atoms with Crippen LogP contribution in [0.3, 0.4) is 0 Å². The first-order valence-electron chi connectivity index (χ1n) is 21.9. The zero-order valence-corrected chi connectivity index (χ0v) is 35.3. The van der Waals surface area contributed by atoms with Gasteiger partial charge in [0.1, 0.15) is 0 Å². The zero-order valence-electron chi connectivity index (χ0n) is 35.3. The third kappa shape index (κ3) is 6.09. The summed E-state index contributed by atoms with van der Waals surface area (Å²) in [6.45, 7) is 4.72. The van der Waals surface area contributed by atoms with Crippen LogP contribution >= 0.6 is 0 Å². The highest BCUT2D eigenvalue weighted by Gasteiger charge is 2.35. The van der Waals surface area contributed by atoms with E-state index in [-0.39, 0.29) is 5.41 Å². The Morgan fingerprint density at radius 1 is 0.333 bits per heavy atom. The average Bonchev–Trinajstić information content (AvgIpc) is 3.79. The minimum absolute atomic E-state index is 0.115. The second-order valence-corrected chi connectivity index (χ2v) is 17.4. The molecule has 298 valence electrons. The van der Waals surface area contributed by atoms with Gasteiger partial charge >= 0.3 is 0 Å². The lowest BCUT2D eigenvalue weighted by molar-refractivity contribution is 0.660. The molecule has 0 fully saturated rings. The van der Waals surface area contributed by atoms with Crippen molar-refractivity contribution in [3.63, 3.8) is 0 Å². The number of nitrogens with zero attached hydrogens (tertiary/aromatic N) is 2. The van der Waals surface area contributed by atoms with E-state index >= 15 is 0 Å². The topological polar surface area (TPSA) is 8.17 Å². The summed E-state index contributed by atoms with van der Waals surface area (Å²) in [4.78, 5) is 2.43. The molecule has 0 radical (unpaired) electrons. The molecular formula is C61H44N2. The molecule has 0 bridgehead atoms. The van der Waals surface area contributed by atoms with Crippen LogP contribution in [0.5, 0.6) is 0 Å². The van der Waals surface area contributed by atoms with Crippen molar-refractivity contribution < 1.29 is 0 Å². The van der Waals surface area contributed by atoms with E-state index in [2.05, 4.69) is 254 Å². The fourth-order valence-electron chi connectivity index (χ4n) is 10.2. The summed E-state index contributed by atoms with van der Waals surface area (Å²) < 4.78 is 2.43. The van der Waals surface area contributed by atoms with Crippen molar-refractivity contribution in [3.05, 3.63) is 242 Å². The van der Waals surface area contributed by atoms with Gasteiger partial charge in [0.25, 0.3) is 0 Å². The van der Waals surface area contributed by atoms with Crippen molar-refractivity contribution in [2.45, 2.75) is 19.3 Å². The number of para-hydroxylation sites is 2. The Balaban J connectivity index is 0.969. The Morgan fingerprint density at radius 3 is 1.81 bits per heavy atom. The van der Waals surface area contributed by atoms with Gasteiger partial charge in [0, 0.05) is 38.8 Å². The van der Waals surface area contributed by atoms with Gasteiger partial charge in [-0.25, -0.2) is 0 Å². The largest absolute Gasteiger partial charge is 0.310 e. The minimum atomic E-state index is -0.115. The summed E-state index contributed by atoms with van der Waals surface area (Å²) in [5.41, 5.74) is 19.4. The van der Waals surface area contributed by atoms with Crippen LogP contribution in [-0.2, 0) is 5.41 Å². The quantitative estimate of drug-likeness (QED) is 0.156. The summed E-state index contributed by atoms with van der Waals surface area (Å²) in [5.74, 6) is 0. The monoisotopic (exact) mass is 804 g/mol. The second-order valence-electron chi connectivity index (χ2n) is 17.4. The van der Waals surface area contributed by atoms with E-state index < -0.39 is 0 Å². The molecule has 0 saturated heterocycles. The van der Waals surface area contributed by atoms with E-state index in [1.807, 2.05) is 0 Å². The van der Waals surface area contributed by atoms with Gasteiger partial charge in [-0.15, -0.1) is 0 Å². The van der Waals surface area contributed by atoms with Gasteiger partial charge in [-0.1, -0.05) is 178 Å². The molecule has 10 aromatic carbocycles. The lowest BCUT2D eigenvalue weighted by Crippen LogP contribution is -2.16. The molecule has 63 heavy (non-hydrogen) atoms. The third-order valence-corrected chi connectivity index (χ3v) is 13.4. The van der Waals surface area contributed by atoms with E-state index in [0.717, 1.165) is 17.1 Å². The third-order valence-electron chi connectivity index (χ3n) is 13.4. The van der Waals surface area contributed by atoms with Crippen molar-refractivity contribution in [1.29, 1.82) is 0 Å². The molecule has 1 heterocycles. The van der Waals surface area contributed by atoms with Crippen LogP contribution in [0, 0.1) is 0 Å². The number of hydrogen-bond donors (Lipinski definition) is 0. The Kier molecular flexibility index (Phi) is 8.55. The standard InChI is InChI=1S/C61H44N2/c1-61(2)56-24-11-8-22-52(56)53-35-34-50(40-57(53)61)62(49-20-14-19-45(38-49)46-28-27-41-15-6-7-18-44(41)37-46)48-32-29-42(30-33-48)47-31-36-60-55(39-47)54-23-10-13-26-59(54)63(60)58-25-12-9-21-51(58)43-16-4-3-5-17-43/h3-40H,1-2H3. The lowest BCUT2D eigenvalue weighted by Gasteiger charge is -2.28. The van der Waals surface area contributed by atoms with Crippen molar-refractivity contribution >= 4 is 49.6 Å². The zero-order chi connectivity index (χ0) is 42.1. The Labute approximate surface area is 368 Å². The maximum Gasteiger partial charge on any atom is 0.0541 e. The molecule has 0 spiro atoms. The average molecular weight is 805 g/mol. The number of aromatic nitrogens is 1. The molecule has 12 rings (SSSR count). The fraction of sp³-hybridized carbons (Fsp3) is 0.0492. The summed E-state index contributed by atoms with van der Waals surface area (Å²) in [6.07, 6.45) is 0. The van der Waals surface area contributed by atoms with E-state index in [4.69, 9.17) is 0 Å². The summed E-state index contributed by atoms with van der Waals surface area (Å²) in [5, 5.41) is 4.98. The number of rotatable bonds is 7. The number of anilines is 3. The smallest absolute Gasteiger partial charge is 0.0541 e. The van der Waals surface area contributed by atoms with Gasteiger partial charge < -0.3 is 9.47 Å². The fourth-order valence-corrected chi connectivity index (χ4v) is 10.2. The second kappa shape index (κ2) is 14.6. The summed E-state index contributed by atoms with van der Waals surface area (Å²) in [7, 11) is 0. The van der Waals surface area contributed by atoms with Gasteiger partial charge in [0.05, 0.1) is 16.7 Å². The van der Waals surface area contributed by atoms with Crippen LogP contribution in [0.1, 0.15) is 25.0 Å². The minimum Gasteiger partial charge on any atom is -0.310 e. The highest BCUT2D eigenvalue weighted by atomic mass is 15.1. The summed E-state index contributed by atoms with van der Waals surface area (Å²) >= 11 is 0. The molecule has 0 amide bonds. The summed E-state index contributed by atoms with van der Waals surface area (Å²) in [6, 6.07) is 84.6. The maximum absolute atomic E-state index is 2.43. The van der Waals surface area contributed by atoms with Crippen LogP contribution < -0.4 is 4.90 Å². The predicted octanol–water partition coefficient (Wildman–Crippen LogP) is 16.7. The number of benzene rings is 10. The van der Waals surface area contributed by atoms with Crippen molar-refractivity contribution in [3.8, 4) is 50.2 Å². The molecule has 0 saturated carbocycles. The van der Waals surface area contributed by atoms with Gasteiger partial charge in [0.2, 0.25) is 0 Å². The van der Waals surface area contributed by atoms with Crippen LogP contribution in [0.15, 0.2) is 231 Å². The SMILES string of the molecule is CC1(C)c2ccccc2-c2ccc(N(c3ccc(-c4ccc5c(c4)c4ccccc4n5-c4ccccc4-c4ccccc4)cc3)c3cccc(-c4ccc5ccccc5c4)c3)cc21. The predicted molar refractivity (Wildman–Crippen MR) is 267 cm³/mol. The molecule has 1 aromatic heterocycles. The first kappa shape index (κ1) is 36.9. The van der Waals surface area contributed by atoms with Crippen LogP contribution in [0.2, 0.25) is 0 Å². The maximum atomic E-state index is 2.43. The van der Waals surface area contributed by atoms with Gasteiger partial charge in [-0.05, 0) is 128 Å². The van der Waals surface area contributed by atoms with Crippen molar-refractivity contribution in [1.82, 2.24) is 4.57 Å². The number of fused-ring (bicyclic) bond motifs is 7. The Hall–Kier alpha value is -7.94. The highest BCUT2D eigenvalue weighted by Crippen LogP contribution is 2.51. The van der Waals surface area contributed by atoms with Gasteiger partial charge in [-0.2, -0.15) is 0 Å². The lowest BCUT2D eigenvalue weighted by atomic mass is 9.82. The highest BCUT2D eigenvalue weighted by molar-refractivity contribution is 6.11. The van der Waals surface area contributed by atoms with E-state index in [9.17, 15) is 0 Å². The molecular weight excluding hydrogens is 761 g/mol. The van der Waals surface area contributed by atoms with Crippen LogP contribution in [0.25, 0.3) is 82.8 Å².